The summed E-state index contributed by atoms with van der Waals surface area (Å²) >= 11 is 0. The number of rotatable bonds is 5. The van der Waals surface area contributed by atoms with Crippen LogP contribution >= 0.6 is 0 Å². The number of aryl methyl sites for hydroxylation is 1. The second-order valence-corrected chi connectivity index (χ2v) is 5.76. The Morgan fingerprint density at radius 3 is 2.48 bits per heavy atom. The van der Waals surface area contributed by atoms with Gasteiger partial charge >= 0.3 is 0 Å². The molecule has 5 nitrogen and oxygen atoms in total. The normalized spacial score (nSPS) is 11.8. The van der Waals surface area contributed by atoms with Crippen LogP contribution in [0, 0.1) is 6.92 Å². The molecule has 3 aromatic rings. The SMILES string of the molecule is CC(=O)[C@@H](O)c1cccc(-c2ccc(Oc3ccc(C)cn3)cc2)n1. The minimum atomic E-state index is -1.20. The third-order valence-corrected chi connectivity index (χ3v) is 3.69. The van der Waals surface area contributed by atoms with Gasteiger partial charge in [0.05, 0.1) is 11.4 Å². The Kier molecular flexibility index (Phi) is 4.86. The molecule has 0 saturated heterocycles. The molecular formula is C20H18N2O3. The van der Waals surface area contributed by atoms with Crippen molar-refractivity contribution in [1.29, 1.82) is 0 Å². The van der Waals surface area contributed by atoms with Crippen molar-refractivity contribution in [3.8, 4) is 22.9 Å². The topological polar surface area (TPSA) is 72.3 Å². The Morgan fingerprint density at radius 1 is 1.08 bits per heavy atom. The molecule has 0 saturated carbocycles. The first-order valence-electron chi connectivity index (χ1n) is 7.89. The van der Waals surface area contributed by atoms with Crippen molar-refractivity contribution in [1.82, 2.24) is 9.97 Å². The van der Waals surface area contributed by atoms with Crippen molar-refractivity contribution in [3.05, 3.63) is 72.1 Å². The fourth-order valence-electron chi connectivity index (χ4n) is 2.30. The number of ketones is 1. The van der Waals surface area contributed by atoms with E-state index in [0.717, 1.165) is 11.1 Å². The summed E-state index contributed by atoms with van der Waals surface area (Å²) in [5, 5.41) is 9.86. The molecule has 5 heteroatoms. The van der Waals surface area contributed by atoms with Crippen LogP contribution < -0.4 is 4.74 Å². The van der Waals surface area contributed by atoms with E-state index in [0.29, 0.717) is 23.0 Å². The lowest BCUT2D eigenvalue weighted by Crippen LogP contribution is -2.09. The first-order valence-corrected chi connectivity index (χ1v) is 7.89. The Balaban J connectivity index is 1.79. The molecule has 0 aliphatic carbocycles. The zero-order valence-electron chi connectivity index (χ0n) is 14.0. The van der Waals surface area contributed by atoms with E-state index in [2.05, 4.69) is 9.97 Å². The molecule has 1 atom stereocenters. The van der Waals surface area contributed by atoms with Crippen LogP contribution in [-0.2, 0) is 4.79 Å². The molecule has 1 aromatic carbocycles. The molecule has 0 amide bonds. The molecule has 0 radical (unpaired) electrons. The largest absolute Gasteiger partial charge is 0.439 e. The summed E-state index contributed by atoms with van der Waals surface area (Å²) in [6.45, 7) is 3.31. The molecule has 0 unspecified atom stereocenters. The number of aliphatic hydroxyl groups is 1. The van der Waals surface area contributed by atoms with Gasteiger partial charge in [0.25, 0.3) is 0 Å². The molecule has 0 spiro atoms. The van der Waals surface area contributed by atoms with E-state index >= 15 is 0 Å². The number of aliphatic hydroxyl groups excluding tert-OH is 1. The number of hydrogen-bond acceptors (Lipinski definition) is 5. The van der Waals surface area contributed by atoms with Crippen molar-refractivity contribution < 1.29 is 14.6 Å². The Hall–Kier alpha value is -3.05. The fourth-order valence-corrected chi connectivity index (χ4v) is 2.30. The van der Waals surface area contributed by atoms with Gasteiger partial charge in [0.15, 0.2) is 11.9 Å². The first kappa shape index (κ1) is 16.8. The molecular weight excluding hydrogens is 316 g/mol. The van der Waals surface area contributed by atoms with E-state index in [1.54, 1.807) is 18.3 Å². The molecule has 126 valence electrons. The number of carbonyl (C=O) groups is 1. The molecule has 1 N–H and O–H groups in total. The number of benzene rings is 1. The van der Waals surface area contributed by atoms with Crippen LogP contribution in [0.25, 0.3) is 11.3 Å². The van der Waals surface area contributed by atoms with Crippen LogP contribution in [0.1, 0.15) is 24.3 Å². The van der Waals surface area contributed by atoms with E-state index in [-0.39, 0.29) is 5.78 Å². The first-order chi connectivity index (χ1) is 12.0. The summed E-state index contributed by atoms with van der Waals surface area (Å²) in [5.41, 5.74) is 2.95. The predicted molar refractivity (Wildman–Crippen MR) is 94.4 cm³/mol. The lowest BCUT2D eigenvalue weighted by atomic mass is 10.1. The predicted octanol–water partition coefficient (Wildman–Crippen LogP) is 3.87. The van der Waals surface area contributed by atoms with Crippen molar-refractivity contribution in [2.45, 2.75) is 20.0 Å². The molecule has 25 heavy (non-hydrogen) atoms. The number of Topliss-reactive ketones (excluding diaryl/α,β-unsaturated/α-hetero) is 1. The molecule has 0 bridgehead atoms. The summed E-state index contributed by atoms with van der Waals surface area (Å²) < 4.78 is 5.70. The highest BCUT2D eigenvalue weighted by Crippen LogP contribution is 2.25. The van der Waals surface area contributed by atoms with Crippen LogP contribution in [0.2, 0.25) is 0 Å². The lowest BCUT2D eigenvalue weighted by molar-refractivity contribution is -0.125. The summed E-state index contributed by atoms with van der Waals surface area (Å²) in [6.07, 6.45) is 0.551. The number of nitrogens with zero attached hydrogens (tertiary/aromatic N) is 2. The van der Waals surface area contributed by atoms with Crippen LogP contribution in [0.15, 0.2) is 60.8 Å². The van der Waals surface area contributed by atoms with Crippen LogP contribution in [0.3, 0.4) is 0 Å². The fraction of sp³-hybridized carbons (Fsp3) is 0.150. The smallest absolute Gasteiger partial charge is 0.219 e. The van der Waals surface area contributed by atoms with Crippen molar-refractivity contribution in [2.24, 2.45) is 0 Å². The van der Waals surface area contributed by atoms with Gasteiger partial charge in [0.1, 0.15) is 5.75 Å². The zero-order chi connectivity index (χ0) is 17.8. The maximum atomic E-state index is 11.3. The zero-order valence-corrected chi connectivity index (χ0v) is 14.0. The van der Waals surface area contributed by atoms with Crippen molar-refractivity contribution >= 4 is 5.78 Å². The number of carbonyl (C=O) groups excluding carboxylic acids is 1. The second kappa shape index (κ2) is 7.23. The van der Waals surface area contributed by atoms with E-state index in [1.165, 1.54) is 6.92 Å². The van der Waals surface area contributed by atoms with Gasteiger partial charge in [-0.3, -0.25) is 4.79 Å². The van der Waals surface area contributed by atoms with Gasteiger partial charge < -0.3 is 9.84 Å². The number of aromatic nitrogens is 2. The molecule has 2 heterocycles. The summed E-state index contributed by atoms with van der Waals surface area (Å²) in [7, 11) is 0. The van der Waals surface area contributed by atoms with Gasteiger partial charge in [-0.2, -0.15) is 0 Å². The minimum Gasteiger partial charge on any atom is -0.439 e. The van der Waals surface area contributed by atoms with Crippen LogP contribution in [0.5, 0.6) is 11.6 Å². The number of pyridine rings is 2. The number of hydrogen-bond donors (Lipinski definition) is 1. The van der Waals surface area contributed by atoms with Gasteiger partial charge in [0, 0.05) is 17.8 Å². The molecule has 0 aliphatic heterocycles. The molecule has 0 fully saturated rings. The molecule has 2 aromatic heterocycles. The third kappa shape index (κ3) is 4.08. The Bertz CT molecular complexity index is 874. The van der Waals surface area contributed by atoms with Gasteiger partial charge in [-0.1, -0.05) is 12.1 Å². The van der Waals surface area contributed by atoms with Crippen LogP contribution in [-0.4, -0.2) is 20.9 Å². The quantitative estimate of drug-likeness (QED) is 0.767. The number of ether oxygens (including phenoxy) is 1. The highest BCUT2D eigenvalue weighted by atomic mass is 16.5. The van der Waals surface area contributed by atoms with Crippen molar-refractivity contribution in [3.63, 3.8) is 0 Å². The summed E-state index contributed by atoms with van der Waals surface area (Å²) in [6, 6.07) is 16.4. The Labute approximate surface area is 146 Å². The average Bonchev–Trinajstić information content (AvgIpc) is 2.63. The van der Waals surface area contributed by atoms with Gasteiger partial charge in [-0.15, -0.1) is 0 Å². The monoisotopic (exact) mass is 334 g/mol. The highest BCUT2D eigenvalue weighted by Gasteiger charge is 2.14. The molecule has 3 rings (SSSR count). The second-order valence-electron chi connectivity index (χ2n) is 5.76. The van der Waals surface area contributed by atoms with Gasteiger partial charge in [-0.05, 0) is 55.8 Å². The third-order valence-electron chi connectivity index (χ3n) is 3.69. The van der Waals surface area contributed by atoms with Crippen molar-refractivity contribution in [2.75, 3.05) is 0 Å². The maximum Gasteiger partial charge on any atom is 0.219 e. The average molecular weight is 334 g/mol. The van der Waals surface area contributed by atoms with Gasteiger partial charge in [-0.25, -0.2) is 9.97 Å². The molecule has 0 aliphatic rings. The van der Waals surface area contributed by atoms with Crippen LogP contribution in [0.4, 0.5) is 0 Å². The van der Waals surface area contributed by atoms with E-state index in [1.807, 2.05) is 49.4 Å². The highest BCUT2D eigenvalue weighted by molar-refractivity contribution is 5.81. The maximum absolute atomic E-state index is 11.3. The van der Waals surface area contributed by atoms with Gasteiger partial charge in [0.2, 0.25) is 5.88 Å². The Morgan fingerprint density at radius 2 is 1.84 bits per heavy atom. The minimum absolute atomic E-state index is 0.334. The summed E-state index contributed by atoms with van der Waals surface area (Å²) in [4.78, 5) is 19.9. The van der Waals surface area contributed by atoms with E-state index < -0.39 is 6.10 Å². The van der Waals surface area contributed by atoms with E-state index in [4.69, 9.17) is 4.74 Å². The lowest BCUT2D eigenvalue weighted by Gasteiger charge is -2.09. The van der Waals surface area contributed by atoms with E-state index in [9.17, 15) is 9.90 Å². The standard InChI is InChI=1S/C20H18N2O3/c1-13-6-11-19(21-12-13)25-16-9-7-15(8-10-16)17-4-3-5-18(22-17)20(24)14(2)23/h3-12,20,24H,1-2H3/t20-/m1/s1. The summed E-state index contributed by atoms with van der Waals surface area (Å²) in [5.74, 6) is 0.863.